The molecule has 1 unspecified atom stereocenters. The van der Waals surface area contributed by atoms with Gasteiger partial charge in [-0.2, -0.15) is 0 Å². The molecule has 5 rings (SSSR count). The number of hydrogen-bond acceptors (Lipinski definition) is 6. The van der Waals surface area contributed by atoms with Gasteiger partial charge in [0.15, 0.2) is 5.58 Å². The molecule has 5 nitrogen and oxygen atoms in total. The van der Waals surface area contributed by atoms with Crippen molar-refractivity contribution in [3.63, 3.8) is 0 Å². The van der Waals surface area contributed by atoms with Crippen molar-refractivity contribution >= 4 is 32.4 Å². The number of aromatic nitrogens is 1. The van der Waals surface area contributed by atoms with Crippen LogP contribution in [0.1, 0.15) is 36.1 Å². The fourth-order valence-corrected chi connectivity index (χ4v) is 5.10. The number of benzene rings is 2. The van der Waals surface area contributed by atoms with Crippen LogP contribution in [0.25, 0.3) is 21.1 Å². The van der Waals surface area contributed by atoms with Gasteiger partial charge >= 0.3 is 0 Å². The Labute approximate surface area is 184 Å². The summed E-state index contributed by atoms with van der Waals surface area (Å²) in [6.07, 6.45) is 1.30. The number of aliphatic hydroxyl groups excluding tert-OH is 1. The van der Waals surface area contributed by atoms with E-state index in [2.05, 4.69) is 27.6 Å². The maximum absolute atomic E-state index is 13.6. The van der Waals surface area contributed by atoms with Gasteiger partial charge < -0.3 is 19.3 Å². The van der Waals surface area contributed by atoms with Crippen LogP contribution in [0.15, 0.2) is 52.4 Å². The van der Waals surface area contributed by atoms with Gasteiger partial charge in [-0.15, -0.1) is 11.3 Å². The molecule has 0 amide bonds. The standard InChI is InChI=1S/C24H25FN2O3S/c25-19-2-3-22-20(14-19)24(26-30-22)16-5-8-27(9-6-16)10-11-29-15-21(28)17-1-4-23-18(13-17)7-12-31-23/h1-4,7,12-14,16,21,28H,5-6,8-11,15H2. The van der Waals surface area contributed by atoms with Gasteiger partial charge in [-0.05, 0) is 78.7 Å². The number of aliphatic hydroxyl groups is 1. The van der Waals surface area contributed by atoms with E-state index in [-0.39, 0.29) is 11.7 Å². The summed E-state index contributed by atoms with van der Waals surface area (Å²) < 4.78 is 26.0. The number of fused-ring (bicyclic) bond motifs is 2. The minimum Gasteiger partial charge on any atom is -0.386 e. The lowest BCUT2D eigenvalue weighted by Crippen LogP contribution is -2.35. The largest absolute Gasteiger partial charge is 0.386 e. The summed E-state index contributed by atoms with van der Waals surface area (Å²) in [5, 5.41) is 18.6. The summed E-state index contributed by atoms with van der Waals surface area (Å²) >= 11 is 1.70. The van der Waals surface area contributed by atoms with E-state index >= 15 is 0 Å². The molecular formula is C24H25FN2O3S. The summed E-state index contributed by atoms with van der Waals surface area (Å²) in [5.74, 6) is 0.0260. The Hall–Kier alpha value is -2.32. The molecule has 0 aliphatic carbocycles. The Morgan fingerprint density at radius 1 is 1.19 bits per heavy atom. The lowest BCUT2D eigenvalue weighted by Gasteiger charge is -2.31. The fraction of sp³-hybridized carbons (Fsp3) is 0.375. The average molecular weight is 441 g/mol. The number of ether oxygens (including phenoxy) is 1. The highest BCUT2D eigenvalue weighted by atomic mass is 32.1. The predicted octanol–water partition coefficient (Wildman–Crippen LogP) is 5.11. The molecule has 162 valence electrons. The Morgan fingerprint density at radius 2 is 2.06 bits per heavy atom. The maximum atomic E-state index is 13.6. The minimum atomic E-state index is -0.615. The Balaban J connectivity index is 1.07. The van der Waals surface area contributed by atoms with E-state index in [9.17, 15) is 9.50 Å². The van der Waals surface area contributed by atoms with Gasteiger partial charge in [-0.3, -0.25) is 0 Å². The van der Waals surface area contributed by atoms with Gasteiger partial charge in [0.05, 0.1) is 18.9 Å². The van der Waals surface area contributed by atoms with Crippen molar-refractivity contribution in [3.05, 3.63) is 64.9 Å². The smallest absolute Gasteiger partial charge is 0.167 e. The molecule has 1 aliphatic heterocycles. The molecule has 1 aliphatic rings. The first kappa shape index (κ1) is 20.6. The molecular weight excluding hydrogens is 415 g/mol. The van der Waals surface area contributed by atoms with Crippen molar-refractivity contribution in [2.45, 2.75) is 24.9 Å². The van der Waals surface area contributed by atoms with Crippen molar-refractivity contribution in [1.82, 2.24) is 10.1 Å². The number of thiophene rings is 1. The number of nitrogens with zero attached hydrogens (tertiary/aromatic N) is 2. The Morgan fingerprint density at radius 3 is 2.94 bits per heavy atom. The van der Waals surface area contributed by atoms with Crippen LogP contribution < -0.4 is 0 Å². The summed E-state index contributed by atoms with van der Waals surface area (Å²) in [6, 6.07) is 12.7. The molecule has 2 aromatic heterocycles. The minimum absolute atomic E-state index is 0.260. The summed E-state index contributed by atoms with van der Waals surface area (Å²) in [5.41, 5.74) is 2.41. The van der Waals surface area contributed by atoms with Gasteiger partial charge in [0.1, 0.15) is 11.9 Å². The summed E-state index contributed by atoms with van der Waals surface area (Å²) in [6.45, 7) is 3.59. The predicted molar refractivity (Wildman–Crippen MR) is 120 cm³/mol. The Kier molecular flexibility index (Phi) is 6.00. The molecule has 0 bridgehead atoms. The third-order valence-corrected chi connectivity index (χ3v) is 7.02. The molecule has 0 spiro atoms. The topological polar surface area (TPSA) is 58.7 Å². The second-order valence-corrected chi connectivity index (χ2v) is 9.08. The van der Waals surface area contributed by atoms with Crippen LogP contribution in [0.2, 0.25) is 0 Å². The highest BCUT2D eigenvalue weighted by Crippen LogP contribution is 2.32. The molecule has 4 aromatic rings. The summed E-state index contributed by atoms with van der Waals surface area (Å²) in [4.78, 5) is 2.36. The molecule has 1 saturated heterocycles. The molecule has 0 radical (unpaired) electrons. The SMILES string of the molecule is OC(COCCN1CCC(c2noc3ccc(F)cc23)CC1)c1ccc2sccc2c1. The van der Waals surface area contributed by atoms with Crippen molar-refractivity contribution in [3.8, 4) is 0 Å². The van der Waals surface area contributed by atoms with Crippen LogP contribution in [0.5, 0.6) is 0 Å². The maximum Gasteiger partial charge on any atom is 0.167 e. The van der Waals surface area contributed by atoms with Gasteiger partial charge in [-0.25, -0.2) is 4.39 Å². The summed E-state index contributed by atoms with van der Waals surface area (Å²) in [7, 11) is 0. The van der Waals surface area contributed by atoms with Crippen molar-refractivity contribution in [2.24, 2.45) is 0 Å². The first-order valence-corrected chi connectivity index (χ1v) is 11.6. The molecule has 2 aromatic carbocycles. The van der Waals surface area contributed by atoms with Crippen LogP contribution in [0.4, 0.5) is 4.39 Å². The van der Waals surface area contributed by atoms with Crippen molar-refractivity contribution in [2.75, 3.05) is 32.8 Å². The fourth-order valence-electron chi connectivity index (χ4n) is 4.33. The third kappa shape index (κ3) is 4.50. The van der Waals surface area contributed by atoms with Crippen LogP contribution in [0, 0.1) is 5.82 Å². The van der Waals surface area contributed by atoms with Gasteiger partial charge in [0, 0.05) is 22.5 Å². The van der Waals surface area contributed by atoms with Gasteiger partial charge in [-0.1, -0.05) is 11.2 Å². The zero-order chi connectivity index (χ0) is 21.2. The monoisotopic (exact) mass is 440 g/mol. The zero-order valence-electron chi connectivity index (χ0n) is 17.2. The third-order valence-electron chi connectivity index (χ3n) is 6.12. The van der Waals surface area contributed by atoms with E-state index in [0.717, 1.165) is 54.5 Å². The van der Waals surface area contributed by atoms with Gasteiger partial charge in [0.2, 0.25) is 0 Å². The number of piperidine rings is 1. The number of hydrogen-bond donors (Lipinski definition) is 1. The lowest BCUT2D eigenvalue weighted by molar-refractivity contribution is 0.0239. The quantitative estimate of drug-likeness (QED) is 0.405. The first-order chi connectivity index (χ1) is 15.2. The second kappa shape index (κ2) is 9.04. The van der Waals surface area contributed by atoms with Gasteiger partial charge in [0.25, 0.3) is 0 Å². The molecule has 3 heterocycles. The molecule has 1 atom stereocenters. The lowest BCUT2D eigenvalue weighted by atomic mass is 9.91. The average Bonchev–Trinajstić information content (AvgIpc) is 3.43. The van der Waals surface area contributed by atoms with Crippen molar-refractivity contribution < 1.29 is 18.8 Å². The van der Waals surface area contributed by atoms with E-state index in [1.165, 1.54) is 16.8 Å². The van der Waals surface area contributed by atoms with E-state index in [1.54, 1.807) is 17.4 Å². The number of likely N-dealkylation sites (tertiary alicyclic amines) is 1. The Bertz CT molecular complexity index is 1170. The molecule has 1 N–H and O–H groups in total. The number of rotatable bonds is 7. The van der Waals surface area contributed by atoms with Crippen LogP contribution >= 0.6 is 11.3 Å². The molecule has 1 fully saturated rings. The number of halogens is 1. The first-order valence-electron chi connectivity index (χ1n) is 10.7. The highest BCUT2D eigenvalue weighted by Gasteiger charge is 2.25. The highest BCUT2D eigenvalue weighted by molar-refractivity contribution is 7.17. The molecule has 7 heteroatoms. The van der Waals surface area contributed by atoms with E-state index in [1.807, 2.05) is 12.1 Å². The van der Waals surface area contributed by atoms with E-state index in [0.29, 0.717) is 18.8 Å². The van der Waals surface area contributed by atoms with E-state index in [4.69, 9.17) is 9.26 Å². The van der Waals surface area contributed by atoms with Crippen molar-refractivity contribution in [1.29, 1.82) is 0 Å². The van der Waals surface area contributed by atoms with Crippen LogP contribution in [-0.4, -0.2) is 48.0 Å². The second-order valence-electron chi connectivity index (χ2n) is 8.13. The molecule has 31 heavy (non-hydrogen) atoms. The molecule has 0 saturated carbocycles. The van der Waals surface area contributed by atoms with Crippen LogP contribution in [0.3, 0.4) is 0 Å². The van der Waals surface area contributed by atoms with E-state index < -0.39 is 6.10 Å². The zero-order valence-corrected chi connectivity index (χ0v) is 18.0. The normalized spacial score (nSPS) is 17.0. The van der Waals surface area contributed by atoms with Crippen LogP contribution in [-0.2, 0) is 4.74 Å².